The van der Waals surface area contributed by atoms with Crippen molar-refractivity contribution in [2.24, 2.45) is 5.73 Å². The smallest absolute Gasteiger partial charge is 0.255 e. The number of nitrogens with two attached hydrogens (primary N) is 1. The maximum absolute atomic E-state index is 10.6. The first-order valence-electron chi connectivity index (χ1n) is 6.43. The summed E-state index contributed by atoms with van der Waals surface area (Å²) in [5.74, 6) is 0.189. The summed E-state index contributed by atoms with van der Waals surface area (Å²) in [7, 11) is 1.76. The average Bonchev–Trinajstić information content (AvgIpc) is 2.36. The van der Waals surface area contributed by atoms with Crippen molar-refractivity contribution in [2.75, 3.05) is 13.7 Å². The Bertz CT molecular complexity index is 413. The van der Waals surface area contributed by atoms with E-state index in [4.69, 9.17) is 15.2 Å². The first-order chi connectivity index (χ1) is 9.17. The van der Waals surface area contributed by atoms with Gasteiger partial charge in [-0.2, -0.15) is 0 Å². The summed E-state index contributed by atoms with van der Waals surface area (Å²) < 4.78 is 10.4. The minimum Gasteiger partial charge on any atom is -0.484 e. The number of primary amides is 1. The highest BCUT2D eigenvalue weighted by atomic mass is 16.5. The quantitative estimate of drug-likeness (QED) is 0.764. The maximum atomic E-state index is 10.6. The van der Waals surface area contributed by atoms with Crippen LogP contribution in [0.25, 0.3) is 0 Å². The van der Waals surface area contributed by atoms with Crippen LogP contribution in [0.15, 0.2) is 24.3 Å². The highest BCUT2D eigenvalue weighted by Gasteiger charge is 2.28. The van der Waals surface area contributed by atoms with E-state index in [1.807, 2.05) is 24.3 Å². The molecule has 1 amide bonds. The second kappa shape index (κ2) is 6.54. The molecule has 0 saturated heterocycles. The third-order valence-electron chi connectivity index (χ3n) is 3.33. The van der Waals surface area contributed by atoms with Crippen LogP contribution >= 0.6 is 0 Å². The van der Waals surface area contributed by atoms with Crippen molar-refractivity contribution in [3.63, 3.8) is 0 Å². The number of carbonyl (C=O) groups is 1. The lowest BCUT2D eigenvalue weighted by Gasteiger charge is -2.34. The normalized spacial score (nSPS) is 21.7. The van der Waals surface area contributed by atoms with Crippen LogP contribution in [0, 0.1) is 0 Å². The van der Waals surface area contributed by atoms with Gasteiger partial charge in [0, 0.05) is 19.7 Å². The van der Waals surface area contributed by atoms with Gasteiger partial charge in [0.2, 0.25) is 0 Å². The van der Waals surface area contributed by atoms with Gasteiger partial charge in [0.1, 0.15) is 5.75 Å². The van der Waals surface area contributed by atoms with Crippen LogP contribution in [-0.4, -0.2) is 31.8 Å². The molecular formula is C14H20N2O3. The minimum atomic E-state index is -0.469. The summed E-state index contributed by atoms with van der Waals surface area (Å²) in [6.45, 7) is 0.745. The topological polar surface area (TPSA) is 73.6 Å². The summed E-state index contributed by atoms with van der Waals surface area (Å²) in [5, 5.41) is 3.47. The standard InChI is InChI=1S/C14H20N2O3/c1-18-13-6-11(7-13)16-8-10-2-4-12(5-3-10)19-9-14(15)17/h2-5,11,13,16H,6-9H2,1H3,(H2,15,17). The van der Waals surface area contributed by atoms with Gasteiger partial charge in [-0.25, -0.2) is 0 Å². The molecule has 0 heterocycles. The largest absolute Gasteiger partial charge is 0.484 e. The maximum Gasteiger partial charge on any atom is 0.255 e. The summed E-state index contributed by atoms with van der Waals surface area (Å²) in [4.78, 5) is 10.6. The predicted molar refractivity (Wildman–Crippen MR) is 71.8 cm³/mol. The lowest BCUT2D eigenvalue weighted by molar-refractivity contribution is -0.119. The van der Waals surface area contributed by atoms with Crippen molar-refractivity contribution in [2.45, 2.75) is 31.5 Å². The molecule has 3 N–H and O–H groups in total. The monoisotopic (exact) mass is 264 g/mol. The zero-order chi connectivity index (χ0) is 13.7. The van der Waals surface area contributed by atoms with Gasteiger partial charge in [0.15, 0.2) is 6.61 Å². The van der Waals surface area contributed by atoms with Gasteiger partial charge in [0.05, 0.1) is 6.10 Å². The zero-order valence-corrected chi connectivity index (χ0v) is 11.1. The van der Waals surface area contributed by atoms with Crippen LogP contribution < -0.4 is 15.8 Å². The van der Waals surface area contributed by atoms with Gasteiger partial charge < -0.3 is 20.5 Å². The van der Waals surface area contributed by atoms with Crippen molar-refractivity contribution >= 4 is 5.91 Å². The molecule has 5 nitrogen and oxygen atoms in total. The van der Waals surface area contributed by atoms with Crippen molar-refractivity contribution in [3.8, 4) is 5.75 Å². The Morgan fingerprint density at radius 3 is 2.63 bits per heavy atom. The van der Waals surface area contributed by atoms with Crippen LogP contribution in [0.2, 0.25) is 0 Å². The SMILES string of the molecule is COC1CC(NCc2ccc(OCC(N)=O)cc2)C1. The molecule has 0 aliphatic heterocycles. The second-order valence-electron chi connectivity index (χ2n) is 4.81. The molecule has 0 unspecified atom stereocenters. The molecule has 0 aromatic heterocycles. The summed E-state index contributed by atoms with van der Waals surface area (Å²) >= 11 is 0. The molecule has 2 rings (SSSR count). The van der Waals surface area contributed by atoms with E-state index in [1.54, 1.807) is 7.11 Å². The Balaban J connectivity index is 1.71. The Kier molecular flexibility index (Phi) is 4.76. The number of amides is 1. The molecule has 1 saturated carbocycles. The van der Waals surface area contributed by atoms with Crippen LogP contribution in [0.1, 0.15) is 18.4 Å². The number of methoxy groups -OCH3 is 1. The van der Waals surface area contributed by atoms with E-state index >= 15 is 0 Å². The molecule has 1 aliphatic carbocycles. The molecule has 104 valence electrons. The first-order valence-corrected chi connectivity index (χ1v) is 6.43. The zero-order valence-electron chi connectivity index (χ0n) is 11.1. The van der Waals surface area contributed by atoms with E-state index in [0.717, 1.165) is 19.4 Å². The Labute approximate surface area is 113 Å². The molecule has 1 aliphatic rings. The molecule has 1 aromatic carbocycles. The van der Waals surface area contributed by atoms with Gasteiger partial charge in [-0.1, -0.05) is 12.1 Å². The summed E-state index contributed by atoms with van der Waals surface area (Å²) in [5.41, 5.74) is 6.20. The third-order valence-corrected chi connectivity index (χ3v) is 3.33. The van der Waals surface area contributed by atoms with Gasteiger partial charge in [-0.15, -0.1) is 0 Å². The predicted octanol–water partition coefficient (Wildman–Crippen LogP) is 0.818. The number of benzene rings is 1. The number of rotatable bonds is 7. The van der Waals surface area contributed by atoms with Gasteiger partial charge in [-0.05, 0) is 30.5 Å². The fraction of sp³-hybridized carbons (Fsp3) is 0.500. The van der Waals surface area contributed by atoms with Crippen LogP contribution in [0.4, 0.5) is 0 Å². The van der Waals surface area contributed by atoms with Crippen LogP contribution in [0.3, 0.4) is 0 Å². The molecule has 0 spiro atoms. The molecule has 1 aromatic rings. The fourth-order valence-electron chi connectivity index (χ4n) is 2.04. The number of hydrogen-bond acceptors (Lipinski definition) is 4. The molecular weight excluding hydrogens is 244 g/mol. The van der Waals surface area contributed by atoms with Gasteiger partial charge in [0.25, 0.3) is 5.91 Å². The molecule has 1 fully saturated rings. The molecule has 0 radical (unpaired) electrons. The Morgan fingerprint density at radius 2 is 2.05 bits per heavy atom. The summed E-state index contributed by atoms with van der Waals surface area (Å²) in [6, 6.07) is 8.21. The second-order valence-corrected chi connectivity index (χ2v) is 4.81. The van der Waals surface area contributed by atoms with Crippen molar-refractivity contribution in [1.29, 1.82) is 0 Å². The van der Waals surface area contributed by atoms with Gasteiger partial charge >= 0.3 is 0 Å². The number of hydrogen-bond donors (Lipinski definition) is 2. The van der Waals surface area contributed by atoms with Crippen molar-refractivity contribution in [1.82, 2.24) is 5.32 Å². The van der Waals surface area contributed by atoms with E-state index in [9.17, 15) is 4.79 Å². The minimum absolute atomic E-state index is 0.0852. The number of nitrogens with one attached hydrogen (secondary N) is 1. The highest BCUT2D eigenvalue weighted by molar-refractivity contribution is 5.75. The lowest BCUT2D eigenvalue weighted by Crippen LogP contribution is -2.44. The number of carbonyl (C=O) groups excluding carboxylic acids is 1. The first kappa shape index (κ1) is 13.8. The molecule has 19 heavy (non-hydrogen) atoms. The van der Waals surface area contributed by atoms with Crippen LogP contribution in [-0.2, 0) is 16.1 Å². The van der Waals surface area contributed by atoms with E-state index in [-0.39, 0.29) is 6.61 Å². The number of ether oxygens (including phenoxy) is 2. The average molecular weight is 264 g/mol. The Hall–Kier alpha value is -1.59. The molecule has 0 bridgehead atoms. The fourth-order valence-corrected chi connectivity index (χ4v) is 2.04. The van der Waals surface area contributed by atoms with Crippen molar-refractivity contribution in [3.05, 3.63) is 29.8 Å². The van der Waals surface area contributed by atoms with E-state index in [0.29, 0.717) is 17.9 Å². The van der Waals surface area contributed by atoms with E-state index in [1.165, 1.54) is 5.56 Å². The highest BCUT2D eigenvalue weighted by Crippen LogP contribution is 2.23. The van der Waals surface area contributed by atoms with Crippen LogP contribution in [0.5, 0.6) is 5.75 Å². The third kappa shape index (κ3) is 4.22. The van der Waals surface area contributed by atoms with E-state index < -0.39 is 5.91 Å². The van der Waals surface area contributed by atoms with E-state index in [2.05, 4.69) is 5.32 Å². The summed E-state index contributed by atoms with van der Waals surface area (Å²) in [6.07, 6.45) is 2.58. The molecule has 5 heteroatoms. The Morgan fingerprint density at radius 1 is 1.37 bits per heavy atom. The van der Waals surface area contributed by atoms with Gasteiger partial charge in [-0.3, -0.25) is 4.79 Å². The molecule has 0 atom stereocenters. The lowest BCUT2D eigenvalue weighted by atomic mass is 9.89. The van der Waals surface area contributed by atoms with Crippen molar-refractivity contribution < 1.29 is 14.3 Å².